The van der Waals surface area contributed by atoms with E-state index in [4.69, 9.17) is 14.2 Å². The number of carbonyl (C=O) groups excluding carboxylic acids is 2. The number of hydrogen-bond acceptors (Lipinski definition) is 6. The van der Waals surface area contributed by atoms with Crippen LogP contribution in [-0.2, 0) is 14.3 Å². The molecular formula is C23H23NO5. The minimum Gasteiger partial charge on any atom is -0.490 e. The second-order valence-corrected chi connectivity index (χ2v) is 6.92. The van der Waals surface area contributed by atoms with E-state index in [1.165, 1.54) is 0 Å². The van der Waals surface area contributed by atoms with Crippen LogP contribution in [0.4, 0.5) is 0 Å². The van der Waals surface area contributed by atoms with E-state index >= 15 is 0 Å². The highest BCUT2D eigenvalue weighted by Gasteiger charge is 2.24. The lowest BCUT2D eigenvalue weighted by atomic mass is 10.1. The van der Waals surface area contributed by atoms with Gasteiger partial charge >= 0.3 is 11.9 Å². The molecule has 0 radical (unpaired) electrons. The molecule has 3 rings (SSSR count). The Morgan fingerprint density at radius 1 is 1.14 bits per heavy atom. The van der Waals surface area contributed by atoms with E-state index in [2.05, 4.69) is 4.99 Å². The maximum absolute atomic E-state index is 12.2. The lowest BCUT2D eigenvalue weighted by molar-refractivity contribution is -0.138. The number of nitrogens with zero attached hydrogens (tertiary/aromatic N) is 1. The van der Waals surface area contributed by atoms with Gasteiger partial charge in [0.15, 0.2) is 17.2 Å². The zero-order chi connectivity index (χ0) is 21.0. The Balaban J connectivity index is 1.88. The van der Waals surface area contributed by atoms with Gasteiger partial charge in [0.2, 0.25) is 5.90 Å². The van der Waals surface area contributed by atoms with Gasteiger partial charge in [-0.05, 0) is 49.8 Å². The molecule has 0 atom stereocenters. The van der Waals surface area contributed by atoms with Crippen molar-refractivity contribution in [2.24, 2.45) is 10.9 Å². The second kappa shape index (κ2) is 8.73. The van der Waals surface area contributed by atoms with Crippen molar-refractivity contribution in [3.05, 3.63) is 64.9 Å². The number of carbonyl (C=O) groups is 2. The molecule has 2 aromatic carbocycles. The van der Waals surface area contributed by atoms with Gasteiger partial charge in [0.1, 0.15) is 0 Å². The molecule has 29 heavy (non-hydrogen) atoms. The van der Waals surface area contributed by atoms with Gasteiger partial charge in [-0.3, -0.25) is 4.79 Å². The van der Waals surface area contributed by atoms with Crippen LogP contribution >= 0.6 is 0 Å². The first-order chi connectivity index (χ1) is 13.9. The molecule has 0 spiro atoms. The molecule has 0 unspecified atom stereocenters. The molecule has 0 amide bonds. The van der Waals surface area contributed by atoms with Gasteiger partial charge in [-0.2, -0.15) is 0 Å². The van der Waals surface area contributed by atoms with Crippen molar-refractivity contribution in [3.8, 4) is 11.5 Å². The molecule has 6 nitrogen and oxygen atoms in total. The molecule has 0 saturated heterocycles. The topological polar surface area (TPSA) is 74.2 Å². The maximum atomic E-state index is 12.2. The largest absolute Gasteiger partial charge is 0.490 e. The summed E-state index contributed by atoms with van der Waals surface area (Å²) in [4.78, 5) is 28.4. The SMILES string of the molecule is CCOc1cc(/C=C2\N=C(c3ccc(C)cc3)OC2=O)ccc1OC(=O)C(C)C. The van der Waals surface area contributed by atoms with E-state index in [0.717, 1.165) is 11.1 Å². The summed E-state index contributed by atoms with van der Waals surface area (Å²) in [6, 6.07) is 12.6. The van der Waals surface area contributed by atoms with Crippen LogP contribution in [-0.4, -0.2) is 24.4 Å². The number of cyclic esters (lactones) is 1. The number of hydrogen-bond donors (Lipinski definition) is 0. The summed E-state index contributed by atoms with van der Waals surface area (Å²) in [6.07, 6.45) is 1.61. The predicted molar refractivity (Wildman–Crippen MR) is 110 cm³/mol. The number of aryl methyl sites for hydroxylation is 1. The van der Waals surface area contributed by atoms with E-state index in [-0.39, 0.29) is 23.5 Å². The number of aliphatic imine (C=N–C) groups is 1. The van der Waals surface area contributed by atoms with E-state index in [9.17, 15) is 9.59 Å². The fraction of sp³-hybridized carbons (Fsp3) is 0.261. The minimum atomic E-state index is -0.520. The van der Waals surface area contributed by atoms with Crippen molar-refractivity contribution in [2.45, 2.75) is 27.7 Å². The highest BCUT2D eigenvalue weighted by molar-refractivity contribution is 6.12. The summed E-state index contributed by atoms with van der Waals surface area (Å²) in [5, 5.41) is 0. The predicted octanol–water partition coefficient (Wildman–Crippen LogP) is 4.30. The third kappa shape index (κ3) is 4.90. The number of ether oxygens (including phenoxy) is 3. The Morgan fingerprint density at radius 3 is 2.52 bits per heavy atom. The monoisotopic (exact) mass is 393 g/mol. The average Bonchev–Trinajstić information content (AvgIpc) is 3.05. The van der Waals surface area contributed by atoms with Crippen molar-refractivity contribution in [2.75, 3.05) is 6.61 Å². The lowest BCUT2D eigenvalue weighted by Crippen LogP contribution is -2.15. The molecule has 150 valence electrons. The second-order valence-electron chi connectivity index (χ2n) is 6.92. The maximum Gasteiger partial charge on any atom is 0.363 e. The van der Waals surface area contributed by atoms with Crippen LogP contribution in [0.15, 0.2) is 53.2 Å². The molecule has 0 aliphatic carbocycles. The zero-order valence-electron chi connectivity index (χ0n) is 16.9. The van der Waals surface area contributed by atoms with Crippen molar-refractivity contribution < 1.29 is 23.8 Å². The molecular weight excluding hydrogens is 370 g/mol. The zero-order valence-corrected chi connectivity index (χ0v) is 16.9. The van der Waals surface area contributed by atoms with Gasteiger partial charge in [-0.1, -0.05) is 37.6 Å². The van der Waals surface area contributed by atoms with Crippen LogP contribution in [0, 0.1) is 12.8 Å². The van der Waals surface area contributed by atoms with Gasteiger partial charge in [0.05, 0.1) is 12.5 Å². The van der Waals surface area contributed by atoms with Crippen LogP contribution in [0.2, 0.25) is 0 Å². The van der Waals surface area contributed by atoms with Crippen molar-refractivity contribution >= 4 is 23.9 Å². The summed E-state index contributed by atoms with van der Waals surface area (Å²) >= 11 is 0. The van der Waals surface area contributed by atoms with Crippen LogP contribution in [0.3, 0.4) is 0 Å². The molecule has 0 aromatic heterocycles. The van der Waals surface area contributed by atoms with Crippen molar-refractivity contribution in [1.29, 1.82) is 0 Å². The van der Waals surface area contributed by atoms with E-state index in [0.29, 0.717) is 23.7 Å². The number of rotatable bonds is 6. The molecule has 0 fully saturated rings. The van der Waals surface area contributed by atoms with Gasteiger partial charge in [-0.25, -0.2) is 9.79 Å². The standard InChI is InChI=1S/C23H23NO5/c1-5-27-20-13-16(8-11-19(20)28-22(25)14(2)3)12-18-23(26)29-21(24-18)17-9-6-15(4)7-10-17/h6-14H,5H2,1-4H3/b18-12-. The first-order valence-electron chi connectivity index (χ1n) is 9.45. The van der Waals surface area contributed by atoms with E-state index in [1.54, 1.807) is 38.1 Å². The molecule has 2 aromatic rings. The third-order valence-electron chi connectivity index (χ3n) is 4.17. The van der Waals surface area contributed by atoms with Gasteiger partial charge in [0.25, 0.3) is 0 Å². The van der Waals surface area contributed by atoms with Crippen LogP contribution < -0.4 is 9.47 Å². The van der Waals surface area contributed by atoms with Gasteiger partial charge in [-0.15, -0.1) is 0 Å². The fourth-order valence-electron chi connectivity index (χ4n) is 2.58. The molecule has 1 aliphatic heterocycles. The summed E-state index contributed by atoms with van der Waals surface area (Å²) in [6.45, 7) is 7.75. The summed E-state index contributed by atoms with van der Waals surface area (Å²) in [7, 11) is 0. The van der Waals surface area contributed by atoms with Gasteiger partial charge in [0, 0.05) is 5.56 Å². The molecule has 0 N–H and O–H groups in total. The van der Waals surface area contributed by atoms with Crippen LogP contribution in [0.25, 0.3) is 6.08 Å². The molecule has 1 aliphatic rings. The van der Waals surface area contributed by atoms with Crippen LogP contribution in [0.5, 0.6) is 11.5 Å². The van der Waals surface area contributed by atoms with E-state index < -0.39 is 5.97 Å². The van der Waals surface area contributed by atoms with Crippen molar-refractivity contribution in [1.82, 2.24) is 0 Å². The fourth-order valence-corrected chi connectivity index (χ4v) is 2.58. The molecule has 0 bridgehead atoms. The first-order valence-corrected chi connectivity index (χ1v) is 9.45. The average molecular weight is 393 g/mol. The molecule has 0 saturated carbocycles. The third-order valence-corrected chi connectivity index (χ3v) is 4.17. The Morgan fingerprint density at radius 2 is 1.86 bits per heavy atom. The summed E-state index contributed by atoms with van der Waals surface area (Å²) in [5.74, 6) is -0.0871. The smallest absolute Gasteiger partial charge is 0.363 e. The van der Waals surface area contributed by atoms with Crippen molar-refractivity contribution in [3.63, 3.8) is 0 Å². The lowest BCUT2D eigenvalue weighted by Gasteiger charge is -2.12. The Bertz CT molecular complexity index is 987. The summed E-state index contributed by atoms with van der Waals surface area (Å²) in [5.41, 5.74) is 2.71. The Kier molecular flexibility index (Phi) is 6.12. The number of benzene rings is 2. The highest BCUT2D eigenvalue weighted by Crippen LogP contribution is 2.31. The quantitative estimate of drug-likeness (QED) is 0.416. The minimum absolute atomic E-state index is 0.190. The number of esters is 2. The first kappa shape index (κ1) is 20.3. The normalized spacial score (nSPS) is 14.7. The summed E-state index contributed by atoms with van der Waals surface area (Å²) < 4.78 is 16.3. The van der Waals surface area contributed by atoms with Gasteiger partial charge < -0.3 is 14.2 Å². The molecule has 1 heterocycles. The Hall–Kier alpha value is -3.41. The highest BCUT2D eigenvalue weighted by atomic mass is 16.6. The van der Waals surface area contributed by atoms with Crippen LogP contribution in [0.1, 0.15) is 37.5 Å². The Labute approximate surface area is 169 Å². The molecule has 6 heteroatoms. The van der Waals surface area contributed by atoms with E-state index in [1.807, 2.05) is 38.1 Å².